The van der Waals surface area contributed by atoms with Gasteiger partial charge in [-0.15, -0.1) is 0 Å². The van der Waals surface area contributed by atoms with Crippen molar-refractivity contribution in [2.45, 2.75) is 19.9 Å². The van der Waals surface area contributed by atoms with Gasteiger partial charge in [0.25, 0.3) is 0 Å². The number of hydrogen-bond acceptors (Lipinski definition) is 4. The summed E-state index contributed by atoms with van der Waals surface area (Å²) < 4.78 is 5.03. The zero-order valence-electron chi connectivity index (χ0n) is 11.3. The van der Waals surface area contributed by atoms with Crippen LogP contribution in [0.4, 0.5) is 0 Å². The van der Waals surface area contributed by atoms with Crippen LogP contribution in [0.3, 0.4) is 0 Å². The number of para-hydroxylation sites is 1. The lowest BCUT2D eigenvalue weighted by Crippen LogP contribution is -2.10. The third kappa shape index (κ3) is 2.55. The number of carbonyl (C=O) groups is 1. The number of nitrogens with zero attached hydrogens (tertiary/aromatic N) is 4. The van der Waals surface area contributed by atoms with Crippen molar-refractivity contribution in [2.24, 2.45) is 5.11 Å². The summed E-state index contributed by atoms with van der Waals surface area (Å²) in [7, 11) is 0. The van der Waals surface area contributed by atoms with E-state index in [2.05, 4.69) is 15.0 Å². The van der Waals surface area contributed by atoms with E-state index < -0.39 is 12.0 Å². The van der Waals surface area contributed by atoms with E-state index in [0.717, 1.165) is 10.9 Å². The van der Waals surface area contributed by atoms with E-state index in [1.807, 2.05) is 24.3 Å². The molecule has 0 N–H and O–H groups in total. The van der Waals surface area contributed by atoms with Gasteiger partial charge in [-0.1, -0.05) is 30.2 Å². The number of benzene rings is 1. The molecule has 1 atom stereocenters. The van der Waals surface area contributed by atoms with Gasteiger partial charge in [-0.3, -0.25) is 4.98 Å². The molecule has 0 saturated heterocycles. The van der Waals surface area contributed by atoms with Crippen LogP contribution in [0.2, 0.25) is 0 Å². The topological polar surface area (TPSA) is 88.0 Å². The highest BCUT2D eigenvalue weighted by molar-refractivity contribution is 5.97. The minimum absolute atomic E-state index is 0.279. The van der Waals surface area contributed by atoms with E-state index in [4.69, 9.17) is 10.3 Å². The van der Waals surface area contributed by atoms with Crippen molar-refractivity contribution in [1.82, 2.24) is 4.98 Å². The average molecular weight is 270 g/mol. The van der Waals surface area contributed by atoms with E-state index in [-0.39, 0.29) is 6.61 Å². The minimum atomic E-state index is -0.479. The summed E-state index contributed by atoms with van der Waals surface area (Å²) in [5, 5.41) is 4.48. The van der Waals surface area contributed by atoms with Gasteiger partial charge in [-0.25, -0.2) is 4.79 Å². The van der Waals surface area contributed by atoms with Gasteiger partial charge >= 0.3 is 5.97 Å². The van der Waals surface area contributed by atoms with Crippen molar-refractivity contribution < 1.29 is 9.53 Å². The van der Waals surface area contributed by atoms with Gasteiger partial charge in [0.1, 0.15) is 0 Å². The molecular formula is C14H14N4O2. The maximum atomic E-state index is 12.0. The Hall–Kier alpha value is -2.59. The van der Waals surface area contributed by atoms with E-state index in [1.54, 1.807) is 13.8 Å². The second-order valence-corrected chi connectivity index (χ2v) is 4.20. The molecule has 1 unspecified atom stereocenters. The van der Waals surface area contributed by atoms with E-state index in [0.29, 0.717) is 11.1 Å². The SMILES string of the molecule is CCOC(=O)c1cnc2ccccc2c1C(C)N=[N+]=[N-]. The van der Waals surface area contributed by atoms with Crippen LogP contribution in [0.25, 0.3) is 21.3 Å². The second-order valence-electron chi connectivity index (χ2n) is 4.20. The molecule has 2 aromatic rings. The number of carbonyl (C=O) groups excluding carboxylic acids is 1. The lowest BCUT2D eigenvalue weighted by Gasteiger charge is -2.14. The zero-order valence-corrected chi connectivity index (χ0v) is 11.3. The highest BCUT2D eigenvalue weighted by Crippen LogP contribution is 2.29. The van der Waals surface area contributed by atoms with Gasteiger partial charge in [-0.2, -0.15) is 0 Å². The normalized spacial score (nSPS) is 11.7. The van der Waals surface area contributed by atoms with Gasteiger partial charge < -0.3 is 4.74 Å². The number of ether oxygens (including phenoxy) is 1. The molecule has 1 aromatic carbocycles. The first-order valence-electron chi connectivity index (χ1n) is 6.28. The minimum Gasteiger partial charge on any atom is -0.462 e. The molecule has 20 heavy (non-hydrogen) atoms. The zero-order chi connectivity index (χ0) is 14.5. The van der Waals surface area contributed by atoms with Crippen molar-refractivity contribution >= 4 is 16.9 Å². The van der Waals surface area contributed by atoms with Gasteiger partial charge in [0.15, 0.2) is 0 Å². The Kier molecular flexibility index (Phi) is 4.17. The van der Waals surface area contributed by atoms with Crippen molar-refractivity contribution in [3.8, 4) is 0 Å². The summed E-state index contributed by atoms with van der Waals surface area (Å²) in [6.45, 7) is 3.76. The van der Waals surface area contributed by atoms with Gasteiger partial charge in [0.2, 0.25) is 0 Å². The maximum absolute atomic E-state index is 12.0. The molecule has 0 saturated carbocycles. The summed E-state index contributed by atoms with van der Waals surface area (Å²) >= 11 is 0. The molecule has 1 aromatic heterocycles. The molecule has 0 aliphatic carbocycles. The summed E-state index contributed by atoms with van der Waals surface area (Å²) in [5.41, 5.74) is 10.4. The van der Waals surface area contributed by atoms with Crippen molar-refractivity contribution in [3.63, 3.8) is 0 Å². The first-order valence-corrected chi connectivity index (χ1v) is 6.28. The summed E-state index contributed by atoms with van der Waals surface area (Å²) in [5.74, 6) is -0.458. The van der Waals surface area contributed by atoms with Crippen LogP contribution in [-0.2, 0) is 4.74 Å². The smallest absolute Gasteiger partial charge is 0.340 e. The standard InChI is InChI=1S/C14H14N4O2/c1-3-20-14(19)11-8-16-12-7-5-4-6-10(12)13(11)9(2)17-18-15/h4-9H,3H2,1-2H3. The number of pyridine rings is 1. The Morgan fingerprint density at radius 1 is 1.50 bits per heavy atom. The molecule has 2 rings (SSSR count). The molecule has 0 radical (unpaired) electrons. The fourth-order valence-corrected chi connectivity index (χ4v) is 2.12. The number of fused-ring (bicyclic) bond motifs is 1. The highest BCUT2D eigenvalue weighted by Gasteiger charge is 2.20. The number of esters is 1. The number of azide groups is 1. The molecule has 102 valence electrons. The molecule has 0 bridgehead atoms. The molecular weight excluding hydrogens is 256 g/mol. The Bertz CT molecular complexity index is 693. The number of aromatic nitrogens is 1. The first kappa shape index (κ1) is 13.8. The quantitative estimate of drug-likeness (QED) is 0.366. The highest BCUT2D eigenvalue weighted by atomic mass is 16.5. The van der Waals surface area contributed by atoms with Gasteiger partial charge in [0, 0.05) is 16.5 Å². The van der Waals surface area contributed by atoms with Crippen molar-refractivity contribution in [2.75, 3.05) is 6.61 Å². The summed E-state index contributed by atoms with van der Waals surface area (Å²) in [6, 6.07) is 6.93. The average Bonchev–Trinajstić information content (AvgIpc) is 2.46. The predicted octanol–water partition coefficient (Wildman–Crippen LogP) is 3.78. The Balaban J connectivity index is 2.70. The van der Waals surface area contributed by atoms with E-state index in [1.165, 1.54) is 6.20 Å². The largest absolute Gasteiger partial charge is 0.462 e. The molecule has 0 fully saturated rings. The Labute approximate surface area is 116 Å². The van der Waals surface area contributed by atoms with Gasteiger partial charge in [0.05, 0.1) is 23.7 Å². The first-order chi connectivity index (χ1) is 9.69. The Morgan fingerprint density at radius 3 is 2.95 bits per heavy atom. The second kappa shape index (κ2) is 6.04. The van der Waals surface area contributed by atoms with Crippen LogP contribution in [0.1, 0.15) is 35.8 Å². The maximum Gasteiger partial charge on any atom is 0.340 e. The lowest BCUT2D eigenvalue weighted by molar-refractivity contribution is 0.0524. The summed E-state index contributed by atoms with van der Waals surface area (Å²) in [4.78, 5) is 19.1. The fourth-order valence-electron chi connectivity index (χ4n) is 2.12. The van der Waals surface area contributed by atoms with Crippen molar-refractivity contribution in [1.29, 1.82) is 0 Å². The van der Waals surface area contributed by atoms with E-state index >= 15 is 0 Å². The monoisotopic (exact) mass is 270 g/mol. The van der Waals surface area contributed by atoms with Crippen LogP contribution in [-0.4, -0.2) is 17.6 Å². The van der Waals surface area contributed by atoms with Crippen LogP contribution in [0, 0.1) is 0 Å². The van der Waals surface area contributed by atoms with E-state index in [9.17, 15) is 4.79 Å². The van der Waals surface area contributed by atoms with Crippen LogP contribution in [0.5, 0.6) is 0 Å². The van der Waals surface area contributed by atoms with Crippen LogP contribution >= 0.6 is 0 Å². The molecule has 6 nitrogen and oxygen atoms in total. The number of hydrogen-bond donors (Lipinski definition) is 0. The molecule has 0 amide bonds. The fraction of sp³-hybridized carbons (Fsp3) is 0.286. The third-order valence-corrected chi connectivity index (χ3v) is 2.96. The lowest BCUT2D eigenvalue weighted by atomic mass is 9.98. The molecule has 0 aliphatic heterocycles. The molecule has 0 spiro atoms. The predicted molar refractivity (Wildman–Crippen MR) is 75.3 cm³/mol. The third-order valence-electron chi connectivity index (χ3n) is 2.96. The van der Waals surface area contributed by atoms with Crippen LogP contribution < -0.4 is 0 Å². The Morgan fingerprint density at radius 2 is 2.25 bits per heavy atom. The molecule has 1 heterocycles. The summed E-state index contributed by atoms with van der Waals surface area (Å²) in [6.07, 6.45) is 1.47. The van der Waals surface area contributed by atoms with Crippen LogP contribution in [0.15, 0.2) is 35.6 Å². The van der Waals surface area contributed by atoms with Crippen molar-refractivity contribution in [3.05, 3.63) is 52.0 Å². The number of rotatable bonds is 4. The molecule has 6 heteroatoms. The molecule has 0 aliphatic rings. The van der Waals surface area contributed by atoms with Gasteiger partial charge in [-0.05, 0) is 24.1 Å².